The average molecular weight is 228 g/mol. The lowest BCUT2D eigenvalue weighted by atomic mass is 10.0. The van der Waals surface area contributed by atoms with Crippen LogP contribution in [0, 0.1) is 0 Å². The summed E-state index contributed by atoms with van der Waals surface area (Å²) in [5, 5.41) is 3.43. The number of aromatic nitrogens is 3. The fourth-order valence-electron chi connectivity index (χ4n) is 1.79. The molecule has 17 heavy (non-hydrogen) atoms. The third kappa shape index (κ3) is 3.32. The van der Waals surface area contributed by atoms with Gasteiger partial charge in [-0.3, -0.25) is 4.98 Å². The van der Waals surface area contributed by atoms with E-state index in [2.05, 4.69) is 33.3 Å². The van der Waals surface area contributed by atoms with Gasteiger partial charge in [-0.15, -0.1) is 0 Å². The fraction of sp³-hybridized carbons (Fsp3) is 0.308. The third-order valence-corrected chi connectivity index (χ3v) is 2.57. The van der Waals surface area contributed by atoms with E-state index in [1.54, 1.807) is 18.7 Å². The van der Waals surface area contributed by atoms with Gasteiger partial charge in [-0.05, 0) is 30.7 Å². The summed E-state index contributed by atoms with van der Waals surface area (Å²) in [6.07, 6.45) is 7.93. The topological polar surface area (TPSA) is 50.7 Å². The minimum absolute atomic E-state index is 0.215. The molecule has 0 aliphatic carbocycles. The van der Waals surface area contributed by atoms with Gasteiger partial charge in [-0.25, -0.2) is 9.97 Å². The van der Waals surface area contributed by atoms with Crippen molar-refractivity contribution in [1.29, 1.82) is 0 Å². The van der Waals surface area contributed by atoms with Crippen LogP contribution in [0.2, 0.25) is 0 Å². The van der Waals surface area contributed by atoms with E-state index in [1.807, 2.05) is 18.3 Å². The van der Waals surface area contributed by atoms with Crippen molar-refractivity contribution >= 4 is 0 Å². The Bertz CT molecular complexity index is 430. The Balaban J connectivity index is 2.13. The Kier molecular flexibility index (Phi) is 4.16. The zero-order chi connectivity index (χ0) is 11.9. The normalized spacial score (nSPS) is 12.3. The number of rotatable bonds is 5. The molecule has 0 aliphatic heterocycles. The molecule has 0 amide bonds. The van der Waals surface area contributed by atoms with Gasteiger partial charge < -0.3 is 5.32 Å². The molecule has 0 saturated carbocycles. The molecule has 0 bridgehead atoms. The molecular formula is C13H16N4. The predicted molar refractivity (Wildman–Crippen MR) is 66.4 cm³/mol. The lowest BCUT2D eigenvalue weighted by molar-refractivity contribution is 0.535. The molecule has 2 heterocycles. The summed E-state index contributed by atoms with van der Waals surface area (Å²) in [5.41, 5.74) is 2.22. The van der Waals surface area contributed by atoms with Crippen LogP contribution in [0.5, 0.6) is 0 Å². The van der Waals surface area contributed by atoms with E-state index in [0.29, 0.717) is 0 Å². The predicted octanol–water partition coefficient (Wildman–Crippen LogP) is 1.76. The van der Waals surface area contributed by atoms with Crippen molar-refractivity contribution in [3.05, 3.63) is 54.4 Å². The number of nitrogens with zero attached hydrogens (tertiary/aromatic N) is 3. The molecule has 2 rings (SSSR count). The van der Waals surface area contributed by atoms with E-state index in [9.17, 15) is 0 Å². The maximum Gasteiger partial charge on any atom is 0.115 e. The summed E-state index contributed by atoms with van der Waals surface area (Å²) in [5.74, 6) is 0. The van der Waals surface area contributed by atoms with Crippen LogP contribution in [0.4, 0.5) is 0 Å². The molecule has 0 aromatic carbocycles. The van der Waals surface area contributed by atoms with E-state index < -0.39 is 0 Å². The first-order valence-electron chi connectivity index (χ1n) is 5.78. The second kappa shape index (κ2) is 6.06. The molecule has 0 saturated heterocycles. The van der Waals surface area contributed by atoms with Crippen molar-refractivity contribution in [2.45, 2.75) is 19.4 Å². The summed E-state index contributed by atoms with van der Waals surface area (Å²) in [6, 6.07) is 6.20. The highest BCUT2D eigenvalue weighted by Gasteiger charge is 2.11. The van der Waals surface area contributed by atoms with Crippen molar-refractivity contribution in [2.75, 3.05) is 6.54 Å². The molecule has 0 spiro atoms. The molecule has 2 aromatic rings. The molecule has 0 aliphatic rings. The quantitative estimate of drug-likeness (QED) is 0.847. The van der Waals surface area contributed by atoms with Gasteiger partial charge in [0.15, 0.2) is 0 Å². The third-order valence-electron chi connectivity index (χ3n) is 2.57. The van der Waals surface area contributed by atoms with E-state index in [1.165, 1.54) is 5.56 Å². The van der Waals surface area contributed by atoms with E-state index in [4.69, 9.17) is 0 Å². The van der Waals surface area contributed by atoms with E-state index >= 15 is 0 Å². The molecule has 0 fully saturated rings. The number of hydrogen-bond donors (Lipinski definition) is 1. The molecule has 1 unspecified atom stereocenters. The van der Waals surface area contributed by atoms with Crippen LogP contribution in [0.3, 0.4) is 0 Å². The molecule has 2 aromatic heterocycles. The van der Waals surface area contributed by atoms with Gasteiger partial charge in [-0.1, -0.05) is 13.0 Å². The van der Waals surface area contributed by atoms with Crippen molar-refractivity contribution < 1.29 is 0 Å². The van der Waals surface area contributed by atoms with E-state index in [0.717, 1.165) is 18.7 Å². The highest BCUT2D eigenvalue weighted by Crippen LogP contribution is 2.14. The van der Waals surface area contributed by atoms with Crippen LogP contribution in [0.15, 0.2) is 43.1 Å². The van der Waals surface area contributed by atoms with Gasteiger partial charge in [-0.2, -0.15) is 0 Å². The average Bonchev–Trinajstić information content (AvgIpc) is 2.40. The van der Waals surface area contributed by atoms with Crippen molar-refractivity contribution in [1.82, 2.24) is 20.3 Å². The Hall–Kier alpha value is -1.81. The summed E-state index contributed by atoms with van der Waals surface area (Å²) in [7, 11) is 0. The minimum atomic E-state index is 0.215. The summed E-state index contributed by atoms with van der Waals surface area (Å²) >= 11 is 0. The Morgan fingerprint density at radius 3 is 2.82 bits per heavy atom. The van der Waals surface area contributed by atoms with Crippen molar-refractivity contribution in [3.8, 4) is 0 Å². The maximum absolute atomic E-state index is 4.30. The van der Waals surface area contributed by atoms with Crippen molar-refractivity contribution in [3.63, 3.8) is 0 Å². The lowest BCUT2D eigenvalue weighted by Gasteiger charge is -2.16. The molecule has 1 N–H and O–H groups in total. The molecule has 0 radical (unpaired) electrons. The first-order valence-corrected chi connectivity index (χ1v) is 5.78. The zero-order valence-corrected chi connectivity index (χ0v) is 9.87. The summed E-state index contributed by atoms with van der Waals surface area (Å²) < 4.78 is 0. The van der Waals surface area contributed by atoms with Gasteiger partial charge in [0.1, 0.15) is 6.33 Å². The molecule has 4 heteroatoms. The van der Waals surface area contributed by atoms with Crippen LogP contribution in [0.25, 0.3) is 0 Å². The Morgan fingerprint density at radius 1 is 1.24 bits per heavy atom. The van der Waals surface area contributed by atoms with Crippen LogP contribution < -0.4 is 5.32 Å². The number of pyridine rings is 1. The zero-order valence-electron chi connectivity index (χ0n) is 9.87. The summed E-state index contributed by atoms with van der Waals surface area (Å²) in [4.78, 5) is 12.4. The SMILES string of the molecule is CCNC(Cc1cccnc1)c1ccncn1. The molecule has 88 valence electrons. The highest BCUT2D eigenvalue weighted by atomic mass is 14.9. The Morgan fingerprint density at radius 2 is 2.18 bits per heavy atom. The lowest BCUT2D eigenvalue weighted by Crippen LogP contribution is -2.23. The largest absolute Gasteiger partial charge is 0.309 e. The standard InChI is InChI=1S/C13H16N4/c1-2-16-13(12-5-7-15-10-17-12)8-11-4-3-6-14-9-11/h3-7,9-10,13,16H,2,8H2,1H3. The van der Waals surface area contributed by atoms with Gasteiger partial charge in [0.05, 0.1) is 11.7 Å². The monoisotopic (exact) mass is 228 g/mol. The van der Waals surface area contributed by atoms with E-state index in [-0.39, 0.29) is 6.04 Å². The Labute approximate surface area is 101 Å². The maximum atomic E-state index is 4.30. The molecule has 4 nitrogen and oxygen atoms in total. The van der Waals surface area contributed by atoms with Gasteiger partial charge in [0, 0.05) is 18.6 Å². The van der Waals surface area contributed by atoms with Gasteiger partial charge in [0.25, 0.3) is 0 Å². The second-order valence-electron chi connectivity index (χ2n) is 3.81. The first-order chi connectivity index (χ1) is 8.40. The van der Waals surface area contributed by atoms with Crippen molar-refractivity contribution in [2.24, 2.45) is 0 Å². The fourth-order valence-corrected chi connectivity index (χ4v) is 1.79. The highest BCUT2D eigenvalue weighted by molar-refractivity contribution is 5.15. The first kappa shape index (κ1) is 11.7. The van der Waals surface area contributed by atoms with Gasteiger partial charge >= 0.3 is 0 Å². The number of likely N-dealkylation sites (N-methyl/N-ethyl adjacent to an activating group) is 1. The minimum Gasteiger partial charge on any atom is -0.309 e. The van der Waals surface area contributed by atoms with Crippen LogP contribution in [0.1, 0.15) is 24.2 Å². The second-order valence-corrected chi connectivity index (χ2v) is 3.81. The van der Waals surface area contributed by atoms with Gasteiger partial charge in [0.2, 0.25) is 0 Å². The molecular weight excluding hydrogens is 212 g/mol. The summed E-state index contributed by atoms with van der Waals surface area (Å²) in [6.45, 7) is 3.01. The number of hydrogen-bond acceptors (Lipinski definition) is 4. The van der Waals surface area contributed by atoms with Crippen LogP contribution in [-0.2, 0) is 6.42 Å². The van der Waals surface area contributed by atoms with Crippen LogP contribution in [-0.4, -0.2) is 21.5 Å². The molecule has 1 atom stereocenters. The number of nitrogens with one attached hydrogen (secondary N) is 1. The van der Waals surface area contributed by atoms with Crippen LogP contribution >= 0.6 is 0 Å². The smallest absolute Gasteiger partial charge is 0.115 e.